The third kappa shape index (κ3) is 4.41. The second-order valence-electron chi connectivity index (χ2n) is 5.85. The SMILES string of the molecule is CCOC(=O)c1cc(NCC2(O)CCCCC2)ccc1[N+](=O)[O-]. The number of nitro groups is 1. The van der Waals surface area contributed by atoms with E-state index in [0.29, 0.717) is 12.2 Å². The van der Waals surface area contributed by atoms with Gasteiger partial charge in [-0.15, -0.1) is 0 Å². The van der Waals surface area contributed by atoms with Gasteiger partial charge in [-0.25, -0.2) is 4.79 Å². The molecule has 0 bridgehead atoms. The first-order chi connectivity index (χ1) is 10.9. The van der Waals surface area contributed by atoms with E-state index >= 15 is 0 Å². The molecule has 0 radical (unpaired) electrons. The average molecular weight is 322 g/mol. The Balaban J connectivity index is 2.14. The predicted molar refractivity (Wildman–Crippen MR) is 85.6 cm³/mol. The molecule has 1 fully saturated rings. The highest BCUT2D eigenvalue weighted by Crippen LogP contribution is 2.29. The van der Waals surface area contributed by atoms with Crippen LogP contribution >= 0.6 is 0 Å². The molecule has 1 aromatic carbocycles. The van der Waals surface area contributed by atoms with E-state index < -0.39 is 16.5 Å². The second kappa shape index (κ2) is 7.41. The maximum atomic E-state index is 11.9. The number of nitrogens with zero attached hydrogens (tertiary/aromatic N) is 1. The van der Waals surface area contributed by atoms with Crippen LogP contribution in [0, 0.1) is 10.1 Å². The lowest BCUT2D eigenvalue weighted by Gasteiger charge is -2.32. The van der Waals surface area contributed by atoms with Crippen LogP contribution in [0.4, 0.5) is 11.4 Å². The van der Waals surface area contributed by atoms with Crippen molar-refractivity contribution in [2.24, 2.45) is 0 Å². The molecule has 0 atom stereocenters. The minimum atomic E-state index is -0.760. The van der Waals surface area contributed by atoms with Crippen LogP contribution in [-0.4, -0.2) is 34.8 Å². The van der Waals surface area contributed by atoms with Gasteiger partial charge in [0.2, 0.25) is 0 Å². The first kappa shape index (κ1) is 17.2. The van der Waals surface area contributed by atoms with E-state index in [0.717, 1.165) is 32.1 Å². The van der Waals surface area contributed by atoms with Gasteiger partial charge in [0.05, 0.1) is 17.1 Å². The van der Waals surface area contributed by atoms with Crippen molar-refractivity contribution in [2.75, 3.05) is 18.5 Å². The van der Waals surface area contributed by atoms with Gasteiger partial charge in [-0.3, -0.25) is 10.1 Å². The zero-order chi connectivity index (χ0) is 16.9. The summed E-state index contributed by atoms with van der Waals surface area (Å²) in [6.07, 6.45) is 4.58. The summed E-state index contributed by atoms with van der Waals surface area (Å²) in [5.74, 6) is -0.723. The summed E-state index contributed by atoms with van der Waals surface area (Å²) in [4.78, 5) is 22.3. The van der Waals surface area contributed by atoms with E-state index in [9.17, 15) is 20.0 Å². The molecule has 126 valence electrons. The summed E-state index contributed by atoms with van der Waals surface area (Å²) >= 11 is 0. The molecule has 1 aliphatic rings. The van der Waals surface area contributed by atoms with Crippen molar-refractivity contribution in [3.05, 3.63) is 33.9 Å². The Kier molecular flexibility index (Phi) is 5.54. The lowest BCUT2D eigenvalue weighted by atomic mass is 9.85. The number of hydrogen-bond donors (Lipinski definition) is 2. The number of benzene rings is 1. The molecule has 1 saturated carbocycles. The quantitative estimate of drug-likeness (QED) is 0.474. The molecule has 2 rings (SSSR count). The monoisotopic (exact) mass is 322 g/mol. The number of aliphatic hydroxyl groups is 1. The molecule has 0 aromatic heterocycles. The van der Waals surface area contributed by atoms with Gasteiger partial charge in [-0.1, -0.05) is 19.3 Å². The van der Waals surface area contributed by atoms with Gasteiger partial charge in [0, 0.05) is 18.3 Å². The number of hydrogen-bond acceptors (Lipinski definition) is 6. The van der Waals surface area contributed by atoms with Crippen molar-refractivity contribution in [1.82, 2.24) is 0 Å². The molecule has 0 aliphatic heterocycles. The summed E-state index contributed by atoms with van der Waals surface area (Å²) in [6.45, 7) is 2.14. The molecule has 7 nitrogen and oxygen atoms in total. The maximum Gasteiger partial charge on any atom is 0.345 e. The van der Waals surface area contributed by atoms with Gasteiger partial charge < -0.3 is 15.2 Å². The standard InChI is InChI=1S/C16H22N2O5/c1-2-23-15(19)13-10-12(6-7-14(13)18(21)22)17-11-16(20)8-4-3-5-9-16/h6-7,10,17,20H,2-5,8-9,11H2,1H3. The molecular weight excluding hydrogens is 300 g/mol. The van der Waals surface area contributed by atoms with Crippen molar-refractivity contribution in [1.29, 1.82) is 0 Å². The molecule has 1 aromatic rings. The highest BCUT2D eigenvalue weighted by atomic mass is 16.6. The van der Waals surface area contributed by atoms with Crippen molar-refractivity contribution in [3.8, 4) is 0 Å². The fourth-order valence-electron chi connectivity index (χ4n) is 2.83. The van der Waals surface area contributed by atoms with E-state index in [1.807, 2.05) is 0 Å². The summed E-state index contributed by atoms with van der Waals surface area (Å²) in [5, 5.41) is 24.6. The lowest BCUT2D eigenvalue weighted by Crippen LogP contribution is -2.38. The summed E-state index contributed by atoms with van der Waals surface area (Å²) in [7, 11) is 0. The maximum absolute atomic E-state index is 11.9. The largest absolute Gasteiger partial charge is 0.462 e. The van der Waals surface area contributed by atoms with Gasteiger partial charge in [0.15, 0.2) is 0 Å². The number of carbonyl (C=O) groups is 1. The number of rotatable bonds is 6. The number of esters is 1. The van der Waals surface area contributed by atoms with Crippen LogP contribution < -0.4 is 5.32 Å². The Hall–Kier alpha value is -2.15. The van der Waals surface area contributed by atoms with Crippen molar-refractivity contribution in [2.45, 2.75) is 44.6 Å². The van der Waals surface area contributed by atoms with E-state index in [-0.39, 0.29) is 17.9 Å². The molecule has 0 spiro atoms. The lowest BCUT2D eigenvalue weighted by molar-refractivity contribution is -0.385. The molecule has 0 saturated heterocycles. The van der Waals surface area contributed by atoms with Crippen LogP contribution in [0.15, 0.2) is 18.2 Å². The van der Waals surface area contributed by atoms with E-state index in [2.05, 4.69) is 5.32 Å². The average Bonchev–Trinajstić information content (AvgIpc) is 2.53. The zero-order valence-corrected chi connectivity index (χ0v) is 13.2. The highest BCUT2D eigenvalue weighted by Gasteiger charge is 2.29. The Bertz CT molecular complexity index is 582. The molecule has 0 heterocycles. The number of nitrogens with one attached hydrogen (secondary N) is 1. The van der Waals surface area contributed by atoms with Crippen LogP contribution in [-0.2, 0) is 4.74 Å². The Morgan fingerprint density at radius 2 is 2.09 bits per heavy atom. The van der Waals surface area contributed by atoms with Crippen LogP contribution in [0.25, 0.3) is 0 Å². The fraction of sp³-hybridized carbons (Fsp3) is 0.562. The van der Waals surface area contributed by atoms with Crippen LogP contribution in [0.5, 0.6) is 0 Å². The Morgan fingerprint density at radius 3 is 2.70 bits per heavy atom. The Labute approximate surface area is 134 Å². The van der Waals surface area contributed by atoms with Gasteiger partial charge in [-0.2, -0.15) is 0 Å². The molecule has 23 heavy (non-hydrogen) atoms. The van der Waals surface area contributed by atoms with Gasteiger partial charge in [0.25, 0.3) is 5.69 Å². The smallest absolute Gasteiger partial charge is 0.345 e. The summed E-state index contributed by atoms with van der Waals surface area (Å²) < 4.78 is 4.87. The Morgan fingerprint density at radius 1 is 1.39 bits per heavy atom. The molecule has 1 aliphatic carbocycles. The van der Waals surface area contributed by atoms with E-state index in [4.69, 9.17) is 4.74 Å². The third-order valence-electron chi connectivity index (χ3n) is 4.09. The van der Waals surface area contributed by atoms with Crippen molar-refractivity contribution >= 4 is 17.3 Å². The zero-order valence-electron chi connectivity index (χ0n) is 13.2. The highest BCUT2D eigenvalue weighted by molar-refractivity contribution is 5.95. The number of carbonyl (C=O) groups excluding carboxylic acids is 1. The first-order valence-electron chi connectivity index (χ1n) is 7.87. The van der Waals surface area contributed by atoms with E-state index in [1.54, 1.807) is 6.92 Å². The summed E-state index contributed by atoms with van der Waals surface area (Å²) in [6, 6.07) is 4.22. The minimum Gasteiger partial charge on any atom is -0.462 e. The molecular formula is C16H22N2O5. The topological polar surface area (TPSA) is 102 Å². The fourth-order valence-corrected chi connectivity index (χ4v) is 2.83. The van der Waals surface area contributed by atoms with Gasteiger partial charge in [-0.05, 0) is 31.9 Å². The van der Waals surface area contributed by atoms with Gasteiger partial charge in [0.1, 0.15) is 5.56 Å². The number of ether oxygens (including phenoxy) is 1. The molecule has 0 unspecified atom stereocenters. The summed E-state index contributed by atoms with van der Waals surface area (Å²) in [5.41, 5.74) is -0.579. The van der Waals surface area contributed by atoms with Crippen molar-refractivity contribution in [3.63, 3.8) is 0 Å². The van der Waals surface area contributed by atoms with Crippen molar-refractivity contribution < 1.29 is 19.6 Å². The third-order valence-corrected chi connectivity index (χ3v) is 4.09. The normalized spacial score (nSPS) is 16.6. The number of nitro benzene ring substituents is 1. The molecule has 7 heteroatoms. The van der Waals surface area contributed by atoms with Gasteiger partial charge >= 0.3 is 5.97 Å². The minimum absolute atomic E-state index is 0.0857. The second-order valence-corrected chi connectivity index (χ2v) is 5.85. The molecule has 0 amide bonds. The van der Waals surface area contributed by atoms with E-state index in [1.165, 1.54) is 18.2 Å². The molecule has 2 N–H and O–H groups in total. The van der Waals surface area contributed by atoms with Crippen LogP contribution in [0.2, 0.25) is 0 Å². The van der Waals surface area contributed by atoms with Crippen LogP contribution in [0.1, 0.15) is 49.4 Å². The number of anilines is 1. The van der Waals surface area contributed by atoms with Crippen LogP contribution in [0.3, 0.4) is 0 Å². The first-order valence-corrected chi connectivity index (χ1v) is 7.87. The predicted octanol–water partition coefficient (Wildman–Crippen LogP) is 2.88.